The quantitative estimate of drug-likeness (QED) is 0.344. The largest absolute Gasteiger partial charge is 0.475 e. The van der Waals surface area contributed by atoms with Gasteiger partial charge in [-0.2, -0.15) is 0 Å². The van der Waals surface area contributed by atoms with Crippen LogP contribution in [0.5, 0.6) is 0 Å². The lowest BCUT2D eigenvalue weighted by Gasteiger charge is -2.23. The van der Waals surface area contributed by atoms with Crippen LogP contribution in [-0.2, 0) is 18.3 Å². The first-order valence-electron chi connectivity index (χ1n) is 7.16. The van der Waals surface area contributed by atoms with E-state index < -0.39 is 0 Å². The Labute approximate surface area is 127 Å². The van der Waals surface area contributed by atoms with Crippen molar-refractivity contribution in [2.24, 2.45) is 12.0 Å². The van der Waals surface area contributed by atoms with E-state index in [1.807, 2.05) is 38.6 Å². The highest BCUT2D eigenvalue weighted by Crippen LogP contribution is 2.21. The Morgan fingerprint density at radius 3 is 2.70 bits per heavy atom. The molecule has 114 valence electrons. The van der Waals surface area contributed by atoms with E-state index in [2.05, 4.69) is 17.7 Å². The maximum atomic E-state index is 6.22. The van der Waals surface area contributed by atoms with Gasteiger partial charge in [0.25, 0.3) is 0 Å². The van der Waals surface area contributed by atoms with Crippen molar-refractivity contribution in [3.05, 3.63) is 18.2 Å². The fraction of sp³-hybridized carbons (Fsp3) is 0.733. The van der Waals surface area contributed by atoms with Gasteiger partial charge in [-0.25, -0.2) is 14.1 Å². The lowest BCUT2D eigenvalue weighted by molar-refractivity contribution is -0.672. The average molecular weight is 301 g/mol. The highest BCUT2D eigenvalue weighted by Gasteiger charge is 2.29. The molecular formula is C15H27ClN3O+. The van der Waals surface area contributed by atoms with Crippen LogP contribution in [0.1, 0.15) is 46.4 Å². The Morgan fingerprint density at radius 1 is 1.55 bits per heavy atom. The summed E-state index contributed by atoms with van der Waals surface area (Å²) in [4.78, 5) is 4.72. The van der Waals surface area contributed by atoms with Crippen molar-refractivity contribution in [2.75, 3.05) is 7.11 Å². The summed E-state index contributed by atoms with van der Waals surface area (Å²) in [6, 6.07) is 0. The Hall–Kier alpha value is -1.03. The van der Waals surface area contributed by atoms with Gasteiger partial charge in [-0.05, 0) is 27.2 Å². The van der Waals surface area contributed by atoms with Crippen LogP contribution >= 0.6 is 11.6 Å². The van der Waals surface area contributed by atoms with Crippen LogP contribution in [0.15, 0.2) is 17.4 Å². The smallest absolute Gasteiger partial charge is 0.344 e. The number of halogens is 1. The number of unbranched alkanes of at least 4 members (excludes halogenated alkanes) is 1. The molecular weight excluding hydrogens is 274 g/mol. The van der Waals surface area contributed by atoms with Gasteiger partial charge in [-0.1, -0.05) is 13.3 Å². The number of rotatable bonds is 6. The van der Waals surface area contributed by atoms with Gasteiger partial charge in [-0.15, -0.1) is 11.6 Å². The Kier molecular flexibility index (Phi) is 6.06. The summed E-state index contributed by atoms with van der Waals surface area (Å²) in [6.45, 7) is 9.14. The molecule has 0 spiro atoms. The Balaban J connectivity index is 3.18. The number of aryl methyl sites for hydroxylation is 2. The molecule has 4 nitrogen and oxygen atoms in total. The van der Waals surface area contributed by atoms with Crippen molar-refractivity contribution in [3.8, 4) is 0 Å². The number of imidazole rings is 1. The van der Waals surface area contributed by atoms with Crippen molar-refractivity contribution in [1.82, 2.24) is 4.57 Å². The van der Waals surface area contributed by atoms with E-state index in [4.69, 9.17) is 21.3 Å². The predicted molar refractivity (Wildman–Crippen MR) is 83.5 cm³/mol. The predicted octanol–water partition coefficient (Wildman–Crippen LogP) is 2.91. The minimum absolute atomic E-state index is 0.0722. The van der Waals surface area contributed by atoms with Gasteiger partial charge < -0.3 is 4.74 Å². The van der Waals surface area contributed by atoms with Crippen LogP contribution in [0.2, 0.25) is 0 Å². The summed E-state index contributed by atoms with van der Waals surface area (Å²) in [5.74, 6) is 1.61. The fourth-order valence-electron chi connectivity index (χ4n) is 1.84. The number of ether oxygens (including phenoxy) is 1. The van der Waals surface area contributed by atoms with Gasteiger partial charge >= 0.3 is 11.7 Å². The van der Waals surface area contributed by atoms with Gasteiger partial charge in [-0.3, -0.25) is 0 Å². The zero-order valence-electron chi connectivity index (χ0n) is 13.5. The van der Waals surface area contributed by atoms with Crippen LogP contribution in [-0.4, -0.2) is 28.5 Å². The van der Waals surface area contributed by atoms with Crippen LogP contribution in [0.3, 0.4) is 0 Å². The Bertz CT molecular complexity index is 464. The molecule has 0 radical (unpaired) electrons. The summed E-state index contributed by atoms with van der Waals surface area (Å²) in [5, 5.41) is -0.0722. The molecule has 0 saturated carbocycles. The number of alkyl halides is 1. The van der Waals surface area contributed by atoms with Crippen LogP contribution in [0.25, 0.3) is 0 Å². The third-order valence-electron chi connectivity index (χ3n) is 3.58. The van der Waals surface area contributed by atoms with E-state index in [9.17, 15) is 0 Å². The number of hydrogen-bond donors (Lipinski definition) is 0. The molecule has 1 heterocycles. The number of nitrogens with zero attached hydrogens (tertiary/aromatic N) is 3. The van der Waals surface area contributed by atoms with Gasteiger partial charge in [0, 0.05) is 0 Å². The molecule has 0 aliphatic carbocycles. The average Bonchev–Trinajstić information content (AvgIpc) is 2.74. The summed E-state index contributed by atoms with van der Waals surface area (Å²) >= 11 is 6.22. The minimum Gasteiger partial charge on any atom is -0.475 e. The molecule has 0 saturated heterocycles. The van der Waals surface area contributed by atoms with E-state index in [0.29, 0.717) is 5.90 Å². The monoisotopic (exact) mass is 300 g/mol. The second-order valence-corrected chi connectivity index (χ2v) is 6.33. The summed E-state index contributed by atoms with van der Waals surface area (Å²) in [7, 11) is 3.66. The molecule has 0 fully saturated rings. The van der Waals surface area contributed by atoms with Crippen molar-refractivity contribution >= 4 is 17.5 Å². The molecule has 0 aliphatic rings. The third-order valence-corrected chi connectivity index (χ3v) is 4.11. The normalized spacial score (nSPS) is 14.4. The van der Waals surface area contributed by atoms with Crippen LogP contribution in [0, 0.1) is 0 Å². The third kappa shape index (κ3) is 3.98. The molecule has 1 aromatic rings. The molecule has 1 rings (SSSR count). The second kappa shape index (κ2) is 7.11. The second-order valence-electron chi connectivity index (χ2n) is 5.67. The molecule has 1 atom stereocenters. The molecule has 1 unspecified atom stereocenters. The lowest BCUT2D eigenvalue weighted by Crippen LogP contribution is -2.38. The van der Waals surface area contributed by atoms with Crippen molar-refractivity contribution in [3.63, 3.8) is 0 Å². The topological polar surface area (TPSA) is 30.4 Å². The minimum atomic E-state index is -0.375. The highest BCUT2D eigenvalue weighted by atomic mass is 35.5. The SMILES string of the molecule is CCCCn1cc[n+](C)c1C(=NC(C)(C)C(C)Cl)OC. The molecule has 5 heteroatoms. The van der Waals surface area contributed by atoms with Crippen LogP contribution in [0.4, 0.5) is 0 Å². The molecule has 20 heavy (non-hydrogen) atoms. The number of aliphatic imine (C=N–C) groups is 1. The molecule has 0 N–H and O–H groups in total. The highest BCUT2D eigenvalue weighted by molar-refractivity contribution is 6.21. The standard InChI is InChI=1S/C15H27ClN3O/c1-7-8-9-19-11-10-18(5)14(19)13(20-6)17-15(3,4)12(2)16/h10-12H,7-9H2,1-6H3/q+1. The summed E-state index contributed by atoms with van der Waals surface area (Å²) in [6.07, 6.45) is 6.38. The van der Waals surface area contributed by atoms with E-state index in [1.54, 1.807) is 7.11 Å². The number of methoxy groups -OCH3 is 1. The van der Waals surface area contributed by atoms with E-state index in [0.717, 1.165) is 25.2 Å². The molecule has 0 amide bonds. The van der Waals surface area contributed by atoms with Gasteiger partial charge in [0.2, 0.25) is 0 Å². The lowest BCUT2D eigenvalue weighted by atomic mass is 10.0. The maximum Gasteiger partial charge on any atom is 0.344 e. The first-order valence-corrected chi connectivity index (χ1v) is 7.60. The summed E-state index contributed by atoms with van der Waals surface area (Å²) < 4.78 is 9.75. The zero-order chi connectivity index (χ0) is 15.3. The van der Waals surface area contributed by atoms with Gasteiger partial charge in [0.15, 0.2) is 0 Å². The maximum absolute atomic E-state index is 6.22. The first kappa shape index (κ1) is 17.0. The van der Waals surface area contributed by atoms with E-state index >= 15 is 0 Å². The molecule has 0 aromatic carbocycles. The van der Waals surface area contributed by atoms with E-state index in [1.165, 1.54) is 0 Å². The van der Waals surface area contributed by atoms with E-state index in [-0.39, 0.29) is 10.9 Å². The zero-order valence-corrected chi connectivity index (χ0v) is 14.2. The summed E-state index contributed by atoms with van der Waals surface area (Å²) in [5.41, 5.74) is -0.375. The molecule has 0 bridgehead atoms. The fourth-order valence-corrected chi connectivity index (χ4v) is 1.89. The molecule has 0 aliphatic heterocycles. The van der Waals surface area contributed by atoms with Gasteiger partial charge in [0.05, 0.1) is 31.6 Å². The van der Waals surface area contributed by atoms with Crippen molar-refractivity contribution in [1.29, 1.82) is 0 Å². The number of hydrogen-bond acceptors (Lipinski definition) is 2. The van der Waals surface area contributed by atoms with Crippen molar-refractivity contribution in [2.45, 2.75) is 58.0 Å². The van der Waals surface area contributed by atoms with Crippen LogP contribution < -0.4 is 4.57 Å². The Morgan fingerprint density at radius 2 is 2.20 bits per heavy atom. The molecule has 1 aromatic heterocycles. The first-order chi connectivity index (χ1) is 9.33. The van der Waals surface area contributed by atoms with Crippen molar-refractivity contribution < 1.29 is 9.30 Å². The van der Waals surface area contributed by atoms with Gasteiger partial charge in [0.1, 0.15) is 12.4 Å². The number of aromatic nitrogens is 2.